The first-order valence-corrected chi connectivity index (χ1v) is 12.4. The van der Waals surface area contributed by atoms with Gasteiger partial charge in [-0.3, -0.25) is 4.79 Å². The summed E-state index contributed by atoms with van der Waals surface area (Å²) in [4.78, 5) is 12.6. The van der Waals surface area contributed by atoms with Crippen molar-refractivity contribution in [3.8, 4) is 0 Å². The maximum absolute atomic E-state index is 12.6. The highest BCUT2D eigenvalue weighted by Gasteiger charge is 2.33. The van der Waals surface area contributed by atoms with E-state index in [-0.39, 0.29) is 24.6 Å². The van der Waals surface area contributed by atoms with E-state index in [0.717, 1.165) is 25.7 Å². The average Bonchev–Trinajstić information content (AvgIpc) is 2.70. The van der Waals surface area contributed by atoms with Crippen LogP contribution in [-0.2, 0) is 9.53 Å². The first-order chi connectivity index (χ1) is 13.6. The Balaban J connectivity index is 4.10. The van der Waals surface area contributed by atoms with Crippen molar-refractivity contribution in [1.29, 1.82) is 0 Å². The predicted octanol–water partition coefficient (Wildman–Crippen LogP) is 7.59. The van der Waals surface area contributed by atoms with Crippen LogP contribution in [0.3, 0.4) is 0 Å². The van der Waals surface area contributed by atoms with Crippen LogP contribution in [0.25, 0.3) is 0 Å². The van der Waals surface area contributed by atoms with Crippen LogP contribution in [0.4, 0.5) is 0 Å². The lowest BCUT2D eigenvalue weighted by atomic mass is 9.79. The topological polar surface area (TPSA) is 46.5 Å². The Morgan fingerprint density at radius 3 is 1.39 bits per heavy atom. The van der Waals surface area contributed by atoms with E-state index < -0.39 is 0 Å². The number of unbranched alkanes of at least 4 members (excludes halogenated alkanes) is 14. The summed E-state index contributed by atoms with van der Waals surface area (Å²) in [5.41, 5.74) is -0.375. The van der Waals surface area contributed by atoms with Gasteiger partial charge < -0.3 is 9.84 Å². The number of aliphatic hydroxyl groups excluding tert-OH is 1. The molecule has 0 unspecified atom stereocenters. The number of ether oxygens (including phenoxy) is 1. The third kappa shape index (κ3) is 15.4. The standard InChI is InChI=1S/C25H50O3/c1-4-6-8-10-12-14-16-18-20-25(3,24(27)28-23-22-26)21-19-17-15-13-11-9-7-5-2/h26H,4-23H2,1-3H3. The molecule has 0 fully saturated rings. The van der Waals surface area contributed by atoms with Gasteiger partial charge in [-0.2, -0.15) is 0 Å². The molecule has 0 radical (unpaired) electrons. The van der Waals surface area contributed by atoms with Crippen LogP contribution in [0.5, 0.6) is 0 Å². The minimum absolute atomic E-state index is 0.0860. The van der Waals surface area contributed by atoms with Crippen molar-refractivity contribution in [1.82, 2.24) is 0 Å². The molecule has 28 heavy (non-hydrogen) atoms. The van der Waals surface area contributed by atoms with Crippen LogP contribution in [0.1, 0.15) is 136 Å². The second kappa shape index (κ2) is 19.7. The lowest BCUT2D eigenvalue weighted by Crippen LogP contribution is -2.31. The zero-order valence-electron chi connectivity index (χ0n) is 19.4. The van der Waals surface area contributed by atoms with Crippen LogP contribution in [0.2, 0.25) is 0 Å². The van der Waals surface area contributed by atoms with Gasteiger partial charge in [-0.15, -0.1) is 0 Å². The van der Waals surface area contributed by atoms with Crippen LogP contribution >= 0.6 is 0 Å². The molecule has 0 aromatic carbocycles. The molecule has 1 N–H and O–H groups in total. The minimum atomic E-state index is -0.375. The Bertz CT molecular complexity index is 321. The highest BCUT2D eigenvalue weighted by molar-refractivity contribution is 5.76. The van der Waals surface area contributed by atoms with E-state index in [1.807, 2.05) is 0 Å². The number of esters is 1. The number of hydrogen-bond donors (Lipinski definition) is 1. The van der Waals surface area contributed by atoms with Gasteiger partial charge in [0, 0.05) is 0 Å². The molecule has 0 amide bonds. The van der Waals surface area contributed by atoms with Gasteiger partial charge in [0.25, 0.3) is 0 Å². The fourth-order valence-corrected chi connectivity index (χ4v) is 3.94. The zero-order valence-corrected chi connectivity index (χ0v) is 19.4. The summed E-state index contributed by atoms with van der Waals surface area (Å²) in [7, 11) is 0. The number of rotatable bonds is 21. The Labute approximate surface area is 176 Å². The van der Waals surface area contributed by atoms with E-state index in [1.165, 1.54) is 89.9 Å². The lowest BCUT2D eigenvalue weighted by molar-refractivity contribution is -0.157. The fourth-order valence-electron chi connectivity index (χ4n) is 3.94. The lowest BCUT2D eigenvalue weighted by Gasteiger charge is -2.27. The van der Waals surface area contributed by atoms with Crippen molar-refractivity contribution < 1.29 is 14.6 Å². The zero-order chi connectivity index (χ0) is 20.9. The molecule has 0 spiro atoms. The Morgan fingerprint density at radius 1 is 0.679 bits per heavy atom. The third-order valence-electron chi connectivity index (χ3n) is 5.98. The first kappa shape index (κ1) is 27.4. The number of carbonyl (C=O) groups excluding carboxylic acids is 1. The van der Waals surface area contributed by atoms with Gasteiger partial charge in [-0.1, -0.05) is 117 Å². The van der Waals surface area contributed by atoms with Crippen LogP contribution in [0, 0.1) is 5.41 Å². The molecular formula is C25H50O3. The van der Waals surface area contributed by atoms with E-state index >= 15 is 0 Å². The quantitative estimate of drug-likeness (QED) is 0.160. The Morgan fingerprint density at radius 2 is 1.04 bits per heavy atom. The summed E-state index contributed by atoms with van der Waals surface area (Å²) in [5, 5.41) is 8.97. The van der Waals surface area contributed by atoms with Gasteiger partial charge in [0.05, 0.1) is 12.0 Å². The highest BCUT2D eigenvalue weighted by Crippen LogP contribution is 2.33. The Hall–Kier alpha value is -0.570. The van der Waals surface area contributed by atoms with Crippen LogP contribution in [0.15, 0.2) is 0 Å². The van der Waals surface area contributed by atoms with Crippen molar-refractivity contribution in [2.24, 2.45) is 5.41 Å². The molecule has 3 nitrogen and oxygen atoms in total. The van der Waals surface area contributed by atoms with Crippen molar-refractivity contribution in [3.05, 3.63) is 0 Å². The molecule has 0 saturated heterocycles. The van der Waals surface area contributed by atoms with Gasteiger partial charge in [0.1, 0.15) is 6.61 Å². The molecule has 168 valence electrons. The van der Waals surface area contributed by atoms with Gasteiger partial charge >= 0.3 is 5.97 Å². The molecule has 0 rings (SSSR count). The van der Waals surface area contributed by atoms with Crippen LogP contribution in [-0.4, -0.2) is 24.3 Å². The first-order valence-electron chi connectivity index (χ1n) is 12.4. The fraction of sp³-hybridized carbons (Fsp3) is 0.960. The highest BCUT2D eigenvalue weighted by atomic mass is 16.5. The van der Waals surface area contributed by atoms with E-state index in [2.05, 4.69) is 20.8 Å². The number of hydrogen-bond acceptors (Lipinski definition) is 3. The normalized spacial score (nSPS) is 11.7. The summed E-state index contributed by atoms with van der Waals surface area (Å²) in [6.07, 6.45) is 22.4. The van der Waals surface area contributed by atoms with Gasteiger partial charge in [0.15, 0.2) is 0 Å². The summed E-state index contributed by atoms with van der Waals surface area (Å²) in [6.45, 7) is 6.63. The second-order valence-corrected chi connectivity index (χ2v) is 8.87. The average molecular weight is 399 g/mol. The molecule has 0 aromatic rings. The van der Waals surface area contributed by atoms with Crippen molar-refractivity contribution in [2.75, 3.05) is 13.2 Å². The second-order valence-electron chi connectivity index (χ2n) is 8.87. The molecule has 0 aliphatic carbocycles. The summed E-state index contributed by atoms with van der Waals surface area (Å²) in [5.74, 6) is -0.104. The molecule has 0 bridgehead atoms. The van der Waals surface area contributed by atoms with Crippen molar-refractivity contribution in [2.45, 2.75) is 136 Å². The van der Waals surface area contributed by atoms with Gasteiger partial charge in [-0.05, 0) is 19.8 Å². The largest absolute Gasteiger partial charge is 0.463 e. The maximum Gasteiger partial charge on any atom is 0.311 e. The molecule has 0 heterocycles. The molecule has 0 saturated carbocycles. The number of carbonyl (C=O) groups is 1. The van der Waals surface area contributed by atoms with E-state index in [4.69, 9.17) is 9.84 Å². The van der Waals surface area contributed by atoms with Gasteiger partial charge in [-0.25, -0.2) is 0 Å². The van der Waals surface area contributed by atoms with E-state index in [9.17, 15) is 4.79 Å². The van der Waals surface area contributed by atoms with Crippen LogP contribution < -0.4 is 0 Å². The number of aliphatic hydroxyl groups is 1. The van der Waals surface area contributed by atoms with Crippen molar-refractivity contribution in [3.63, 3.8) is 0 Å². The summed E-state index contributed by atoms with van der Waals surface area (Å²) in [6, 6.07) is 0. The molecule has 0 aliphatic rings. The summed E-state index contributed by atoms with van der Waals surface area (Å²) >= 11 is 0. The van der Waals surface area contributed by atoms with E-state index in [0.29, 0.717) is 0 Å². The molecule has 3 heteroatoms. The van der Waals surface area contributed by atoms with Crippen molar-refractivity contribution >= 4 is 5.97 Å². The Kier molecular flexibility index (Phi) is 19.3. The van der Waals surface area contributed by atoms with E-state index in [1.54, 1.807) is 0 Å². The maximum atomic E-state index is 12.6. The monoisotopic (exact) mass is 398 g/mol. The predicted molar refractivity (Wildman–Crippen MR) is 121 cm³/mol. The third-order valence-corrected chi connectivity index (χ3v) is 5.98. The molecule has 0 aromatic heterocycles. The minimum Gasteiger partial charge on any atom is -0.463 e. The SMILES string of the molecule is CCCCCCCCCCC(C)(CCCCCCCCCC)C(=O)OCCO. The molecule has 0 aliphatic heterocycles. The molecular weight excluding hydrogens is 348 g/mol. The molecule has 0 atom stereocenters. The smallest absolute Gasteiger partial charge is 0.311 e. The summed E-state index contributed by atoms with van der Waals surface area (Å²) < 4.78 is 5.31. The van der Waals surface area contributed by atoms with Gasteiger partial charge in [0.2, 0.25) is 0 Å².